The maximum Gasteiger partial charge on any atom is 0.159 e. The van der Waals surface area contributed by atoms with E-state index in [9.17, 15) is 0 Å². The molecule has 57 heavy (non-hydrogen) atoms. The van der Waals surface area contributed by atoms with Crippen LogP contribution in [0.2, 0.25) is 0 Å². The van der Waals surface area contributed by atoms with Crippen molar-refractivity contribution in [3.8, 4) is 33.6 Å². The maximum atomic E-state index is 6.63. The van der Waals surface area contributed by atoms with Gasteiger partial charge in [-0.2, -0.15) is 0 Å². The van der Waals surface area contributed by atoms with Gasteiger partial charge in [-0.25, -0.2) is 0 Å². The van der Waals surface area contributed by atoms with Crippen molar-refractivity contribution in [3.05, 3.63) is 207 Å². The molecule has 3 heterocycles. The van der Waals surface area contributed by atoms with Gasteiger partial charge < -0.3 is 13.6 Å². The maximum absolute atomic E-state index is 6.63. The first-order valence-electron chi connectivity index (χ1n) is 19.4. The molecule has 0 radical (unpaired) electrons. The van der Waals surface area contributed by atoms with Crippen LogP contribution in [0.25, 0.3) is 99.2 Å². The molecule has 0 saturated heterocycles. The van der Waals surface area contributed by atoms with Crippen LogP contribution in [0, 0.1) is 0 Å². The molecule has 8 aromatic carbocycles. The molecule has 3 aromatic heterocycles. The van der Waals surface area contributed by atoms with E-state index < -0.39 is 0 Å². The smallest absolute Gasteiger partial charge is 0.159 e. The van der Waals surface area contributed by atoms with Crippen molar-refractivity contribution in [2.75, 3.05) is 0 Å². The molecule has 3 heteroatoms. The van der Waals surface area contributed by atoms with Gasteiger partial charge in [0, 0.05) is 43.6 Å². The van der Waals surface area contributed by atoms with Gasteiger partial charge >= 0.3 is 0 Å². The van der Waals surface area contributed by atoms with Gasteiger partial charge in [0.05, 0.1) is 27.8 Å². The lowest BCUT2D eigenvalue weighted by Gasteiger charge is -2.17. The summed E-state index contributed by atoms with van der Waals surface area (Å²) in [6, 6.07) is 65.4. The SMILES string of the molecule is C=CC.C=CC.c1ccc(-c2ccc3c4ccccc4n(-c4ccccc4)c3c2-c2cccc3c2c2ccccc2n3-c2cccc3c2oc2ccccc23)cc1. The molecule has 11 aromatic rings. The van der Waals surface area contributed by atoms with E-state index in [0.717, 1.165) is 44.3 Å². The highest BCUT2D eigenvalue weighted by atomic mass is 16.3. The van der Waals surface area contributed by atoms with E-state index in [0.29, 0.717) is 0 Å². The number of hydrogen-bond acceptors (Lipinski definition) is 1. The van der Waals surface area contributed by atoms with Crippen LogP contribution in [0.15, 0.2) is 212 Å². The summed E-state index contributed by atoms with van der Waals surface area (Å²) in [6.45, 7) is 10.5. The molecule has 0 unspecified atom stereocenters. The van der Waals surface area contributed by atoms with E-state index in [4.69, 9.17) is 4.42 Å². The minimum atomic E-state index is 0.892. The molecule has 3 nitrogen and oxygen atoms in total. The Morgan fingerprint density at radius 2 is 1.00 bits per heavy atom. The number of rotatable bonds is 4. The highest BCUT2D eigenvalue weighted by Crippen LogP contribution is 2.48. The predicted molar refractivity (Wildman–Crippen MR) is 245 cm³/mol. The van der Waals surface area contributed by atoms with E-state index >= 15 is 0 Å². The van der Waals surface area contributed by atoms with Gasteiger partial charge in [-0.1, -0.05) is 152 Å². The van der Waals surface area contributed by atoms with Crippen LogP contribution < -0.4 is 0 Å². The second-order valence-corrected chi connectivity index (χ2v) is 14.1. The zero-order valence-corrected chi connectivity index (χ0v) is 32.2. The molecule has 0 aliphatic rings. The number of nitrogens with zero attached hydrogens (tertiary/aromatic N) is 2. The van der Waals surface area contributed by atoms with Gasteiger partial charge in [0.25, 0.3) is 0 Å². The molecule has 0 aliphatic heterocycles. The Bertz CT molecular complexity index is 3230. The van der Waals surface area contributed by atoms with Gasteiger partial charge in [-0.3, -0.25) is 0 Å². The topological polar surface area (TPSA) is 23.0 Å². The molecule has 11 rings (SSSR count). The lowest BCUT2D eigenvalue weighted by molar-refractivity contribution is 0.666. The summed E-state index contributed by atoms with van der Waals surface area (Å²) < 4.78 is 11.5. The van der Waals surface area contributed by atoms with Crippen LogP contribution >= 0.6 is 0 Å². The van der Waals surface area contributed by atoms with Crippen molar-refractivity contribution < 1.29 is 4.42 Å². The quantitative estimate of drug-likeness (QED) is 0.165. The van der Waals surface area contributed by atoms with E-state index in [-0.39, 0.29) is 0 Å². The van der Waals surface area contributed by atoms with Crippen molar-refractivity contribution in [3.63, 3.8) is 0 Å². The van der Waals surface area contributed by atoms with Crippen LogP contribution in [0.5, 0.6) is 0 Å². The summed E-state index contributed by atoms with van der Waals surface area (Å²) >= 11 is 0. The summed E-state index contributed by atoms with van der Waals surface area (Å²) in [5.41, 5.74) is 13.4. The largest absolute Gasteiger partial charge is 0.454 e. The fourth-order valence-corrected chi connectivity index (χ4v) is 8.43. The third-order valence-corrected chi connectivity index (χ3v) is 10.5. The van der Waals surface area contributed by atoms with Gasteiger partial charge in [-0.15, -0.1) is 13.2 Å². The Hall–Kier alpha value is -7.36. The molecule has 0 saturated carbocycles. The zero-order valence-electron chi connectivity index (χ0n) is 32.2. The Balaban J connectivity index is 0.000000666. The Morgan fingerprint density at radius 3 is 1.74 bits per heavy atom. The fourth-order valence-electron chi connectivity index (χ4n) is 8.43. The van der Waals surface area contributed by atoms with Crippen LogP contribution in [0.3, 0.4) is 0 Å². The van der Waals surface area contributed by atoms with Gasteiger partial charge in [-0.05, 0) is 73.0 Å². The summed E-state index contributed by atoms with van der Waals surface area (Å²) in [6.07, 6.45) is 3.50. The second-order valence-electron chi connectivity index (χ2n) is 14.1. The van der Waals surface area contributed by atoms with Gasteiger partial charge in [0.1, 0.15) is 5.58 Å². The highest BCUT2D eigenvalue weighted by Gasteiger charge is 2.24. The number of aromatic nitrogens is 2. The minimum absolute atomic E-state index is 0.892. The van der Waals surface area contributed by atoms with Crippen LogP contribution in [-0.2, 0) is 0 Å². The molecule has 0 spiro atoms. The Labute approximate surface area is 332 Å². The molecule has 0 atom stereocenters. The fraction of sp³-hybridized carbons (Fsp3) is 0.0370. The number of allylic oxidation sites excluding steroid dienone is 2. The first-order valence-corrected chi connectivity index (χ1v) is 19.4. The normalized spacial score (nSPS) is 11.1. The van der Waals surface area contributed by atoms with Crippen molar-refractivity contribution in [2.45, 2.75) is 13.8 Å². The average Bonchev–Trinajstić information content (AvgIpc) is 3.93. The first-order chi connectivity index (χ1) is 28.2. The molecular weight excluding hydrogens is 693 g/mol. The lowest BCUT2D eigenvalue weighted by atomic mass is 9.89. The van der Waals surface area contributed by atoms with Gasteiger partial charge in [0.2, 0.25) is 0 Å². The number of fused-ring (bicyclic) bond motifs is 9. The molecule has 274 valence electrons. The Morgan fingerprint density at radius 1 is 0.439 bits per heavy atom. The summed E-state index contributed by atoms with van der Waals surface area (Å²) in [7, 11) is 0. The summed E-state index contributed by atoms with van der Waals surface area (Å²) in [5.74, 6) is 0. The minimum Gasteiger partial charge on any atom is -0.454 e. The number of furan rings is 1. The Kier molecular flexibility index (Phi) is 9.33. The van der Waals surface area contributed by atoms with E-state index in [2.05, 4.69) is 198 Å². The van der Waals surface area contributed by atoms with Crippen LogP contribution in [0.4, 0.5) is 0 Å². The van der Waals surface area contributed by atoms with E-state index in [1.54, 1.807) is 12.2 Å². The van der Waals surface area contributed by atoms with Crippen molar-refractivity contribution in [1.29, 1.82) is 0 Å². The van der Waals surface area contributed by atoms with Crippen LogP contribution in [0.1, 0.15) is 13.8 Å². The zero-order chi connectivity index (χ0) is 38.9. The van der Waals surface area contributed by atoms with Crippen molar-refractivity contribution >= 4 is 65.6 Å². The third kappa shape index (κ3) is 5.84. The second kappa shape index (κ2) is 15.1. The average molecular weight is 735 g/mol. The molecule has 0 amide bonds. The van der Waals surface area contributed by atoms with Gasteiger partial charge in [0.15, 0.2) is 5.58 Å². The molecular formula is C54H42N2O. The number of benzene rings is 8. The predicted octanol–water partition coefficient (Wildman–Crippen LogP) is 15.5. The van der Waals surface area contributed by atoms with E-state index in [1.165, 1.54) is 54.8 Å². The van der Waals surface area contributed by atoms with Crippen LogP contribution in [-0.4, -0.2) is 9.13 Å². The standard InChI is InChI=1S/C48H30N2O.2C3H6/c1-3-15-31(16-4-1)33-29-30-36-34-19-7-10-24-40(34)49(32-17-5-2-6-18-32)47(36)46(33)39-23-14-26-42-45(39)38-21-8-11-25-41(38)50(42)43-27-13-22-37-35-20-9-12-28-44(35)51-48(37)43;2*1-3-2/h1-30H;2*3H,1H2,2H3. The van der Waals surface area contributed by atoms with E-state index in [1.807, 2.05) is 19.9 Å². The molecule has 0 fully saturated rings. The molecule has 0 aliphatic carbocycles. The van der Waals surface area contributed by atoms with Crippen molar-refractivity contribution in [1.82, 2.24) is 9.13 Å². The van der Waals surface area contributed by atoms with Crippen molar-refractivity contribution in [2.24, 2.45) is 0 Å². The third-order valence-electron chi connectivity index (χ3n) is 10.5. The molecule has 0 N–H and O–H groups in total. The first kappa shape index (κ1) is 35.3. The number of hydrogen-bond donors (Lipinski definition) is 0. The summed E-state index contributed by atoms with van der Waals surface area (Å²) in [4.78, 5) is 0. The molecule has 0 bridgehead atoms. The monoisotopic (exact) mass is 734 g/mol. The highest BCUT2D eigenvalue weighted by molar-refractivity contribution is 6.23. The number of para-hydroxylation sites is 5. The summed E-state index contributed by atoms with van der Waals surface area (Å²) in [5, 5.41) is 7.14. The lowest BCUT2D eigenvalue weighted by Crippen LogP contribution is -1.97.